The second kappa shape index (κ2) is 4.97. The monoisotopic (exact) mass is 289 g/mol. The molecule has 7 heteroatoms. The summed E-state index contributed by atoms with van der Waals surface area (Å²) in [5.41, 5.74) is 6.56. The van der Waals surface area contributed by atoms with E-state index in [1.165, 1.54) is 0 Å². The Kier molecular flexibility index (Phi) is 3.15. The molecule has 0 aliphatic rings. The Morgan fingerprint density at radius 2 is 2.20 bits per heavy atom. The molecule has 20 heavy (non-hydrogen) atoms. The van der Waals surface area contributed by atoms with Gasteiger partial charge < -0.3 is 10.5 Å². The Labute approximate surface area is 120 Å². The number of ether oxygens (including phenoxy) is 1. The summed E-state index contributed by atoms with van der Waals surface area (Å²) in [5.74, 6) is 1.55. The Hall–Kier alpha value is -2.34. The molecule has 0 saturated carbocycles. The maximum atomic E-state index is 5.89. The SMILES string of the molecule is Cn1ncc2c(N)nc(COc3cccc(Cl)c3)nc21. The average Bonchev–Trinajstić information content (AvgIpc) is 2.79. The van der Waals surface area contributed by atoms with Crippen molar-refractivity contribution >= 4 is 28.5 Å². The van der Waals surface area contributed by atoms with Crippen LogP contribution in [0.25, 0.3) is 11.0 Å². The molecule has 102 valence electrons. The summed E-state index contributed by atoms with van der Waals surface area (Å²) in [6.45, 7) is 0.214. The summed E-state index contributed by atoms with van der Waals surface area (Å²) in [5, 5.41) is 5.45. The third-order valence-corrected chi connectivity index (χ3v) is 3.07. The Morgan fingerprint density at radius 1 is 1.35 bits per heavy atom. The number of aryl methyl sites for hydroxylation is 1. The van der Waals surface area contributed by atoms with Crippen LogP contribution in [0.2, 0.25) is 5.02 Å². The molecule has 0 aliphatic heterocycles. The zero-order valence-electron chi connectivity index (χ0n) is 10.7. The number of rotatable bonds is 3. The molecule has 0 unspecified atom stereocenters. The van der Waals surface area contributed by atoms with Crippen LogP contribution in [0.15, 0.2) is 30.5 Å². The van der Waals surface area contributed by atoms with Crippen molar-refractivity contribution in [3.63, 3.8) is 0 Å². The van der Waals surface area contributed by atoms with Gasteiger partial charge in [0.15, 0.2) is 11.5 Å². The number of fused-ring (bicyclic) bond motifs is 1. The van der Waals surface area contributed by atoms with E-state index in [2.05, 4.69) is 15.1 Å². The molecule has 0 aliphatic carbocycles. The number of nitrogen functional groups attached to an aromatic ring is 1. The third-order valence-electron chi connectivity index (χ3n) is 2.83. The molecule has 2 heterocycles. The topological polar surface area (TPSA) is 78.9 Å². The van der Waals surface area contributed by atoms with Gasteiger partial charge in [0, 0.05) is 12.1 Å². The lowest BCUT2D eigenvalue weighted by Crippen LogP contribution is -2.06. The largest absolute Gasteiger partial charge is 0.486 e. The van der Waals surface area contributed by atoms with Gasteiger partial charge in [0.2, 0.25) is 0 Å². The van der Waals surface area contributed by atoms with E-state index < -0.39 is 0 Å². The molecule has 0 spiro atoms. The van der Waals surface area contributed by atoms with Gasteiger partial charge in [-0.25, -0.2) is 9.97 Å². The standard InChI is InChI=1S/C13H12ClN5O/c1-19-13-10(6-16-19)12(15)17-11(18-13)7-20-9-4-2-3-8(14)5-9/h2-6H,7H2,1H3,(H2,15,17,18). The van der Waals surface area contributed by atoms with Gasteiger partial charge in [-0.15, -0.1) is 0 Å². The number of halogens is 1. The van der Waals surface area contributed by atoms with Gasteiger partial charge in [-0.1, -0.05) is 17.7 Å². The van der Waals surface area contributed by atoms with E-state index in [4.69, 9.17) is 22.1 Å². The highest BCUT2D eigenvalue weighted by Gasteiger charge is 2.09. The minimum Gasteiger partial charge on any atom is -0.486 e. The van der Waals surface area contributed by atoms with E-state index in [-0.39, 0.29) is 6.61 Å². The van der Waals surface area contributed by atoms with Gasteiger partial charge in [-0.2, -0.15) is 5.10 Å². The molecule has 0 fully saturated rings. The molecular weight excluding hydrogens is 278 g/mol. The van der Waals surface area contributed by atoms with Gasteiger partial charge >= 0.3 is 0 Å². The van der Waals surface area contributed by atoms with Crippen LogP contribution >= 0.6 is 11.6 Å². The number of nitrogens with two attached hydrogens (primary N) is 1. The van der Waals surface area contributed by atoms with Crippen molar-refractivity contribution in [1.82, 2.24) is 19.7 Å². The van der Waals surface area contributed by atoms with Crippen molar-refractivity contribution in [3.8, 4) is 5.75 Å². The van der Waals surface area contributed by atoms with Crippen LogP contribution < -0.4 is 10.5 Å². The molecule has 3 aromatic rings. The third kappa shape index (κ3) is 2.37. The maximum Gasteiger partial charge on any atom is 0.170 e. The summed E-state index contributed by atoms with van der Waals surface area (Å²) < 4.78 is 7.25. The van der Waals surface area contributed by atoms with E-state index in [0.29, 0.717) is 28.1 Å². The van der Waals surface area contributed by atoms with Crippen LogP contribution in [0, 0.1) is 0 Å². The van der Waals surface area contributed by atoms with Crippen LogP contribution in [0.4, 0.5) is 5.82 Å². The Bertz CT molecular complexity index is 771. The number of hydrogen-bond donors (Lipinski definition) is 1. The molecule has 2 N–H and O–H groups in total. The number of nitrogens with zero attached hydrogens (tertiary/aromatic N) is 4. The predicted molar refractivity (Wildman–Crippen MR) is 76.5 cm³/mol. The second-order valence-corrected chi connectivity index (χ2v) is 4.71. The van der Waals surface area contributed by atoms with Crippen LogP contribution in [0.3, 0.4) is 0 Å². The minimum absolute atomic E-state index is 0.214. The lowest BCUT2D eigenvalue weighted by atomic mass is 10.3. The molecule has 1 aromatic carbocycles. The summed E-state index contributed by atoms with van der Waals surface area (Å²) in [4.78, 5) is 8.59. The molecule has 0 bridgehead atoms. The molecule has 0 amide bonds. The highest BCUT2D eigenvalue weighted by atomic mass is 35.5. The van der Waals surface area contributed by atoms with Crippen LogP contribution in [0.5, 0.6) is 5.75 Å². The Balaban J connectivity index is 1.86. The van der Waals surface area contributed by atoms with E-state index in [0.717, 1.165) is 5.39 Å². The van der Waals surface area contributed by atoms with Crippen LogP contribution in [-0.2, 0) is 13.7 Å². The van der Waals surface area contributed by atoms with Crippen LogP contribution in [0.1, 0.15) is 5.82 Å². The first-order chi connectivity index (χ1) is 9.63. The van der Waals surface area contributed by atoms with Gasteiger partial charge in [0.1, 0.15) is 18.2 Å². The molecular formula is C13H12ClN5O. The van der Waals surface area contributed by atoms with Crippen molar-refractivity contribution in [2.24, 2.45) is 7.05 Å². The quantitative estimate of drug-likeness (QED) is 0.799. The fourth-order valence-electron chi connectivity index (χ4n) is 1.86. The van der Waals surface area contributed by atoms with Crippen molar-refractivity contribution in [3.05, 3.63) is 41.3 Å². The normalized spacial score (nSPS) is 10.9. The first kappa shape index (κ1) is 12.7. The van der Waals surface area contributed by atoms with Crippen molar-refractivity contribution in [2.75, 3.05) is 5.73 Å². The zero-order valence-corrected chi connectivity index (χ0v) is 11.5. The molecule has 6 nitrogen and oxygen atoms in total. The van der Waals surface area contributed by atoms with Crippen molar-refractivity contribution < 1.29 is 4.74 Å². The van der Waals surface area contributed by atoms with E-state index in [9.17, 15) is 0 Å². The fourth-order valence-corrected chi connectivity index (χ4v) is 2.04. The van der Waals surface area contributed by atoms with Gasteiger partial charge in [0.05, 0.1) is 11.6 Å². The number of hydrogen-bond acceptors (Lipinski definition) is 5. The minimum atomic E-state index is 0.214. The summed E-state index contributed by atoms with van der Waals surface area (Å²) >= 11 is 5.89. The van der Waals surface area contributed by atoms with Crippen molar-refractivity contribution in [2.45, 2.75) is 6.61 Å². The van der Waals surface area contributed by atoms with Gasteiger partial charge in [-0.3, -0.25) is 4.68 Å². The smallest absolute Gasteiger partial charge is 0.170 e. The number of aromatic nitrogens is 4. The van der Waals surface area contributed by atoms with E-state index >= 15 is 0 Å². The summed E-state index contributed by atoms with van der Waals surface area (Å²) in [6, 6.07) is 7.15. The fraction of sp³-hybridized carbons (Fsp3) is 0.154. The Morgan fingerprint density at radius 3 is 3.00 bits per heavy atom. The number of anilines is 1. The molecule has 2 aromatic heterocycles. The molecule has 0 atom stereocenters. The highest BCUT2D eigenvalue weighted by molar-refractivity contribution is 6.30. The second-order valence-electron chi connectivity index (χ2n) is 4.28. The molecule has 0 saturated heterocycles. The van der Waals surface area contributed by atoms with Crippen molar-refractivity contribution in [1.29, 1.82) is 0 Å². The first-order valence-electron chi connectivity index (χ1n) is 5.96. The highest BCUT2D eigenvalue weighted by Crippen LogP contribution is 2.19. The lowest BCUT2D eigenvalue weighted by Gasteiger charge is -2.06. The first-order valence-corrected chi connectivity index (χ1v) is 6.34. The molecule has 0 radical (unpaired) electrons. The van der Waals surface area contributed by atoms with Crippen LogP contribution in [-0.4, -0.2) is 19.7 Å². The zero-order chi connectivity index (χ0) is 14.1. The van der Waals surface area contributed by atoms with E-state index in [1.54, 1.807) is 30.1 Å². The predicted octanol–water partition coefficient (Wildman–Crippen LogP) is 2.18. The number of benzene rings is 1. The summed E-state index contributed by atoms with van der Waals surface area (Å²) in [6.07, 6.45) is 1.65. The maximum absolute atomic E-state index is 5.89. The molecule has 3 rings (SSSR count). The van der Waals surface area contributed by atoms with E-state index in [1.807, 2.05) is 12.1 Å². The lowest BCUT2D eigenvalue weighted by molar-refractivity contribution is 0.296. The van der Waals surface area contributed by atoms with Gasteiger partial charge in [0.25, 0.3) is 0 Å². The van der Waals surface area contributed by atoms with Gasteiger partial charge in [-0.05, 0) is 18.2 Å². The summed E-state index contributed by atoms with van der Waals surface area (Å²) in [7, 11) is 1.80. The average molecular weight is 290 g/mol.